The SMILES string of the molecule is NC(=O)c1cccc(OCC(=O)N2CCCC[C@H]2Cn2cccn2)c1. The number of nitrogens with two attached hydrogens (primary N) is 1. The van der Waals surface area contributed by atoms with Gasteiger partial charge in [0.05, 0.1) is 12.6 Å². The first-order valence-corrected chi connectivity index (χ1v) is 8.43. The van der Waals surface area contributed by atoms with Gasteiger partial charge in [0.25, 0.3) is 5.91 Å². The number of benzene rings is 1. The number of likely N-dealkylation sites (tertiary alicyclic amines) is 1. The lowest BCUT2D eigenvalue weighted by Crippen LogP contribution is -2.47. The first kappa shape index (κ1) is 17.0. The van der Waals surface area contributed by atoms with E-state index < -0.39 is 5.91 Å². The molecule has 3 rings (SSSR count). The third-order valence-electron chi connectivity index (χ3n) is 4.39. The van der Waals surface area contributed by atoms with Gasteiger partial charge in [-0.05, 0) is 43.5 Å². The molecule has 0 saturated carbocycles. The molecule has 7 heteroatoms. The Morgan fingerprint density at radius 3 is 2.92 bits per heavy atom. The monoisotopic (exact) mass is 342 g/mol. The molecule has 0 radical (unpaired) electrons. The van der Waals surface area contributed by atoms with E-state index in [0.29, 0.717) is 17.9 Å². The number of rotatable bonds is 6. The molecular weight excluding hydrogens is 320 g/mol. The summed E-state index contributed by atoms with van der Waals surface area (Å²) in [5.41, 5.74) is 5.62. The van der Waals surface area contributed by atoms with Crippen molar-refractivity contribution < 1.29 is 14.3 Å². The summed E-state index contributed by atoms with van der Waals surface area (Å²) in [5.74, 6) is -0.112. The van der Waals surface area contributed by atoms with Crippen molar-refractivity contribution >= 4 is 11.8 Å². The summed E-state index contributed by atoms with van der Waals surface area (Å²) in [6.45, 7) is 1.36. The number of ether oxygens (including phenoxy) is 1. The second kappa shape index (κ2) is 7.83. The van der Waals surface area contributed by atoms with Gasteiger partial charge in [-0.1, -0.05) is 6.07 Å². The molecule has 1 fully saturated rings. The van der Waals surface area contributed by atoms with Crippen molar-refractivity contribution in [3.63, 3.8) is 0 Å². The van der Waals surface area contributed by atoms with Crippen LogP contribution in [-0.2, 0) is 11.3 Å². The van der Waals surface area contributed by atoms with Gasteiger partial charge in [-0.25, -0.2) is 0 Å². The van der Waals surface area contributed by atoms with Crippen LogP contribution in [0.25, 0.3) is 0 Å². The third-order valence-corrected chi connectivity index (χ3v) is 4.39. The zero-order valence-electron chi connectivity index (χ0n) is 14.0. The zero-order valence-corrected chi connectivity index (χ0v) is 14.0. The molecule has 132 valence electrons. The van der Waals surface area contributed by atoms with Crippen molar-refractivity contribution in [1.29, 1.82) is 0 Å². The first-order chi connectivity index (χ1) is 12.1. The van der Waals surface area contributed by atoms with Crippen LogP contribution in [0.2, 0.25) is 0 Å². The van der Waals surface area contributed by atoms with E-state index in [-0.39, 0.29) is 18.6 Å². The highest BCUT2D eigenvalue weighted by Crippen LogP contribution is 2.19. The minimum Gasteiger partial charge on any atom is -0.484 e. The van der Waals surface area contributed by atoms with Gasteiger partial charge in [-0.3, -0.25) is 14.3 Å². The molecule has 1 saturated heterocycles. The van der Waals surface area contributed by atoms with Gasteiger partial charge in [0.1, 0.15) is 5.75 Å². The van der Waals surface area contributed by atoms with Gasteiger partial charge < -0.3 is 15.4 Å². The van der Waals surface area contributed by atoms with Crippen LogP contribution in [-0.4, -0.2) is 45.7 Å². The van der Waals surface area contributed by atoms with Gasteiger partial charge in [0, 0.05) is 24.5 Å². The lowest BCUT2D eigenvalue weighted by molar-refractivity contribution is -0.137. The number of aromatic nitrogens is 2. The summed E-state index contributed by atoms with van der Waals surface area (Å²) in [6, 6.07) is 8.55. The van der Waals surface area contributed by atoms with Crippen LogP contribution < -0.4 is 10.5 Å². The van der Waals surface area contributed by atoms with Crippen LogP contribution >= 0.6 is 0 Å². The van der Waals surface area contributed by atoms with E-state index in [9.17, 15) is 9.59 Å². The maximum Gasteiger partial charge on any atom is 0.260 e. The van der Waals surface area contributed by atoms with Crippen molar-refractivity contribution in [2.75, 3.05) is 13.2 Å². The summed E-state index contributed by atoms with van der Waals surface area (Å²) in [5, 5.41) is 4.23. The highest BCUT2D eigenvalue weighted by atomic mass is 16.5. The summed E-state index contributed by atoms with van der Waals surface area (Å²) < 4.78 is 7.43. The van der Waals surface area contributed by atoms with Crippen molar-refractivity contribution in [3.05, 3.63) is 48.3 Å². The summed E-state index contributed by atoms with van der Waals surface area (Å²) in [4.78, 5) is 25.7. The summed E-state index contributed by atoms with van der Waals surface area (Å²) in [7, 11) is 0. The molecule has 25 heavy (non-hydrogen) atoms. The Labute approximate surface area is 146 Å². The van der Waals surface area contributed by atoms with Crippen molar-refractivity contribution in [2.45, 2.75) is 31.8 Å². The minimum atomic E-state index is -0.521. The second-order valence-corrected chi connectivity index (χ2v) is 6.15. The molecule has 0 unspecified atom stereocenters. The second-order valence-electron chi connectivity index (χ2n) is 6.15. The molecule has 1 aromatic carbocycles. The first-order valence-electron chi connectivity index (χ1n) is 8.43. The molecule has 7 nitrogen and oxygen atoms in total. The van der Waals surface area contributed by atoms with Crippen LogP contribution in [0.4, 0.5) is 0 Å². The van der Waals surface area contributed by atoms with Gasteiger partial charge in [-0.15, -0.1) is 0 Å². The molecule has 0 aliphatic carbocycles. The maximum atomic E-state index is 12.6. The van der Waals surface area contributed by atoms with Crippen LogP contribution in [0.1, 0.15) is 29.6 Å². The van der Waals surface area contributed by atoms with Crippen LogP contribution in [0, 0.1) is 0 Å². The minimum absolute atomic E-state index is 0.0543. The van der Waals surface area contributed by atoms with E-state index in [4.69, 9.17) is 10.5 Å². The fourth-order valence-electron chi connectivity index (χ4n) is 3.11. The molecule has 2 aromatic rings. The van der Waals surface area contributed by atoms with E-state index >= 15 is 0 Å². The molecule has 1 aliphatic rings. The Hall–Kier alpha value is -2.83. The number of amides is 2. The Morgan fingerprint density at radius 2 is 2.16 bits per heavy atom. The number of hydrogen-bond donors (Lipinski definition) is 1. The number of nitrogens with zero attached hydrogens (tertiary/aromatic N) is 3. The van der Waals surface area contributed by atoms with Crippen molar-refractivity contribution in [1.82, 2.24) is 14.7 Å². The smallest absolute Gasteiger partial charge is 0.260 e. The van der Waals surface area contributed by atoms with Gasteiger partial charge in [0.15, 0.2) is 6.61 Å². The lowest BCUT2D eigenvalue weighted by atomic mass is 10.0. The Balaban J connectivity index is 1.60. The van der Waals surface area contributed by atoms with E-state index in [1.165, 1.54) is 0 Å². The molecule has 2 amide bonds. The number of piperidine rings is 1. The molecule has 1 atom stereocenters. The Morgan fingerprint density at radius 1 is 1.28 bits per heavy atom. The topological polar surface area (TPSA) is 90.5 Å². The van der Waals surface area contributed by atoms with Crippen molar-refractivity contribution in [2.24, 2.45) is 5.73 Å². The molecule has 1 aliphatic heterocycles. The van der Waals surface area contributed by atoms with E-state index in [1.54, 1.807) is 30.5 Å². The van der Waals surface area contributed by atoms with Crippen LogP contribution in [0.5, 0.6) is 5.75 Å². The number of carbonyl (C=O) groups excluding carboxylic acids is 2. The molecule has 0 spiro atoms. The van der Waals surface area contributed by atoms with Crippen molar-refractivity contribution in [3.8, 4) is 5.75 Å². The standard InChI is InChI=1S/C18H22N4O3/c19-18(24)14-5-3-7-16(11-14)25-13-17(23)22-10-2-1-6-15(22)12-21-9-4-8-20-21/h3-5,7-9,11,15H,1-2,6,10,12-13H2,(H2,19,24)/t15-/m0/s1. The highest BCUT2D eigenvalue weighted by Gasteiger charge is 2.27. The molecular formula is C18H22N4O3. The summed E-state index contributed by atoms with van der Waals surface area (Å²) in [6.07, 6.45) is 6.71. The predicted molar refractivity (Wildman–Crippen MR) is 92.0 cm³/mol. The molecule has 0 bridgehead atoms. The number of primary amides is 1. The largest absolute Gasteiger partial charge is 0.484 e. The van der Waals surface area contributed by atoms with Crippen LogP contribution in [0.3, 0.4) is 0 Å². The van der Waals surface area contributed by atoms with Gasteiger partial charge in [-0.2, -0.15) is 5.10 Å². The van der Waals surface area contributed by atoms with Crippen LogP contribution in [0.15, 0.2) is 42.7 Å². The molecule has 1 aromatic heterocycles. The highest BCUT2D eigenvalue weighted by molar-refractivity contribution is 5.93. The maximum absolute atomic E-state index is 12.6. The molecule has 2 N–H and O–H groups in total. The average Bonchev–Trinajstić information content (AvgIpc) is 3.13. The fourth-order valence-corrected chi connectivity index (χ4v) is 3.11. The van der Waals surface area contributed by atoms with Gasteiger partial charge >= 0.3 is 0 Å². The predicted octanol–water partition coefficient (Wildman–Crippen LogP) is 1.44. The van der Waals surface area contributed by atoms with Gasteiger partial charge in [0.2, 0.25) is 5.91 Å². The number of hydrogen-bond acceptors (Lipinski definition) is 4. The summed E-state index contributed by atoms with van der Waals surface area (Å²) >= 11 is 0. The number of carbonyl (C=O) groups is 2. The van der Waals surface area contributed by atoms with E-state index in [2.05, 4.69) is 5.10 Å². The quantitative estimate of drug-likeness (QED) is 0.860. The normalized spacial score (nSPS) is 17.3. The third kappa shape index (κ3) is 4.37. The Kier molecular flexibility index (Phi) is 5.33. The van der Waals surface area contributed by atoms with E-state index in [0.717, 1.165) is 25.8 Å². The fraction of sp³-hybridized carbons (Fsp3) is 0.389. The zero-order chi connectivity index (χ0) is 17.6. The van der Waals surface area contributed by atoms with E-state index in [1.807, 2.05) is 21.8 Å². The lowest BCUT2D eigenvalue weighted by Gasteiger charge is -2.35. The molecule has 2 heterocycles. The Bertz CT molecular complexity index is 730. The average molecular weight is 342 g/mol.